The first kappa shape index (κ1) is 17.0. The van der Waals surface area contributed by atoms with E-state index in [1.807, 2.05) is 0 Å². The van der Waals surface area contributed by atoms with Crippen molar-refractivity contribution in [3.63, 3.8) is 0 Å². The van der Waals surface area contributed by atoms with E-state index in [0.717, 1.165) is 6.08 Å². The molecule has 0 aromatic heterocycles. The largest absolute Gasteiger partial charge is 0.317 e. The Labute approximate surface area is 132 Å². The molecule has 2 nitrogen and oxygen atoms in total. The molecule has 1 amide bonds. The number of rotatable bonds is 3. The second kappa shape index (κ2) is 6.78. The van der Waals surface area contributed by atoms with E-state index in [0.29, 0.717) is 10.6 Å². The van der Waals surface area contributed by atoms with Gasteiger partial charge in [0.05, 0.1) is 0 Å². The fraction of sp³-hybridized carbons (Fsp3) is 0. The average Bonchev–Trinajstić information content (AvgIpc) is 2.54. The standard InChI is InChI=1S/C15H7ClF5NO/c16-8-4-1-7(2-5-8)3-6-9(23)22-15-13(20)11(18)10(17)12(19)14(15)21/h1-6H,(H,22,23). The van der Waals surface area contributed by atoms with Gasteiger partial charge >= 0.3 is 0 Å². The number of benzene rings is 2. The molecule has 1 N–H and O–H groups in total. The highest BCUT2D eigenvalue weighted by atomic mass is 35.5. The second-order valence-corrected chi connectivity index (χ2v) is 4.76. The smallest absolute Gasteiger partial charge is 0.248 e. The molecule has 8 heteroatoms. The van der Waals surface area contributed by atoms with Gasteiger partial charge in [-0.1, -0.05) is 23.7 Å². The van der Waals surface area contributed by atoms with Crippen molar-refractivity contribution in [2.24, 2.45) is 0 Å². The maximum atomic E-state index is 13.4. The van der Waals surface area contributed by atoms with Gasteiger partial charge in [0.1, 0.15) is 5.69 Å². The maximum absolute atomic E-state index is 13.4. The van der Waals surface area contributed by atoms with Crippen LogP contribution in [0.25, 0.3) is 6.08 Å². The highest BCUT2D eigenvalue weighted by Gasteiger charge is 2.26. The summed E-state index contributed by atoms with van der Waals surface area (Å²) in [5.74, 6) is -11.9. The van der Waals surface area contributed by atoms with E-state index in [2.05, 4.69) is 0 Å². The Bertz CT molecular complexity index is 760. The van der Waals surface area contributed by atoms with Crippen molar-refractivity contribution in [3.05, 3.63) is 70.0 Å². The molecular weight excluding hydrogens is 341 g/mol. The summed E-state index contributed by atoms with van der Waals surface area (Å²) in [4.78, 5) is 11.6. The van der Waals surface area contributed by atoms with Crippen LogP contribution in [-0.4, -0.2) is 5.91 Å². The lowest BCUT2D eigenvalue weighted by Gasteiger charge is -2.08. The Morgan fingerprint density at radius 3 is 1.87 bits per heavy atom. The van der Waals surface area contributed by atoms with Crippen molar-refractivity contribution in [1.82, 2.24) is 0 Å². The fourth-order valence-corrected chi connectivity index (χ4v) is 1.75. The van der Waals surface area contributed by atoms with E-state index in [1.165, 1.54) is 6.08 Å². The van der Waals surface area contributed by atoms with Crippen LogP contribution in [0.15, 0.2) is 30.3 Å². The van der Waals surface area contributed by atoms with E-state index in [4.69, 9.17) is 11.6 Å². The van der Waals surface area contributed by atoms with Crippen molar-refractivity contribution in [1.29, 1.82) is 0 Å². The van der Waals surface area contributed by atoms with Gasteiger partial charge in [0.2, 0.25) is 11.7 Å². The Morgan fingerprint density at radius 2 is 1.35 bits per heavy atom. The molecule has 2 rings (SSSR count). The molecule has 0 aliphatic heterocycles. The van der Waals surface area contributed by atoms with Gasteiger partial charge in [-0.05, 0) is 23.8 Å². The van der Waals surface area contributed by atoms with Crippen LogP contribution >= 0.6 is 11.6 Å². The molecule has 0 atom stereocenters. The summed E-state index contributed by atoms with van der Waals surface area (Å²) in [7, 11) is 0. The number of nitrogens with one attached hydrogen (secondary N) is 1. The van der Waals surface area contributed by atoms with E-state index < -0.39 is 40.7 Å². The van der Waals surface area contributed by atoms with Crippen molar-refractivity contribution in [2.75, 3.05) is 5.32 Å². The summed E-state index contributed by atoms with van der Waals surface area (Å²) < 4.78 is 65.7. The first-order chi connectivity index (χ1) is 10.8. The van der Waals surface area contributed by atoms with E-state index >= 15 is 0 Å². The molecule has 0 aliphatic rings. The molecule has 23 heavy (non-hydrogen) atoms. The number of halogens is 6. The second-order valence-electron chi connectivity index (χ2n) is 4.32. The summed E-state index contributed by atoms with van der Waals surface area (Å²) in [5, 5.41) is 2.09. The summed E-state index contributed by atoms with van der Waals surface area (Å²) in [6.07, 6.45) is 2.15. The van der Waals surface area contributed by atoms with Gasteiger partial charge in [-0.2, -0.15) is 0 Å². The molecule has 0 bridgehead atoms. The van der Waals surface area contributed by atoms with Gasteiger partial charge in [0, 0.05) is 11.1 Å². The first-order valence-corrected chi connectivity index (χ1v) is 6.45. The van der Waals surface area contributed by atoms with Gasteiger partial charge in [0.15, 0.2) is 23.3 Å². The normalized spacial score (nSPS) is 11.0. The zero-order valence-corrected chi connectivity index (χ0v) is 11.9. The summed E-state index contributed by atoms with van der Waals surface area (Å²) in [6.45, 7) is 0. The van der Waals surface area contributed by atoms with Crippen LogP contribution < -0.4 is 5.32 Å². The van der Waals surface area contributed by atoms with E-state index in [-0.39, 0.29) is 0 Å². The molecular formula is C15H7ClF5NO. The van der Waals surface area contributed by atoms with Gasteiger partial charge in [0.25, 0.3) is 0 Å². The molecule has 0 unspecified atom stereocenters. The molecule has 0 aliphatic carbocycles. The number of anilines is 1. The number of carbonyl (C=O) groups excluding carboxylic acids is 1. The molecule has 0 spiro atoms. The van der Waals surface area contributed by atoms with Gasteiger partial charge in [-0.15, -0.1) is 0 Å². The predicted octanol–water partition coefficient (Wildman–Crippen LogP) is 4.69. The SMILES string of the molecule is O=C(C=Cc1ccc(Cl)cc1)Nc1c(F)c(F)c(F)c(F)c1F. The third-order valence-corrected chi connectivity index (χ3v) is 3.01. The molecule has 2 aromatic rings. The maximum Gasteiger partial charge on any atom is 0.248 e. The highest BCUT2D eigenvalue weighted by Crippen LogP contribution is 2.27. The third-order valence-electron chi connectivity index (χ3n) is 2.76. The predicted molar refractivity (Wildman–Crippen MR) is 75.3 cm³/mol. The lowest BCUT2D eigenvalue weighted by molar-refractivity contribution is -0.111. The van der Waals surface area contributed by atoms with Gasteiger partial charge in [-0.25, -0.2) is 22.0 Å². The Balaban J connectivity index is 2.22. The van der Waals surface area contributed by atoms with Crippen molar-refractivity contribution in [2.45, 2.75) is 0 Å². The minimum absolute atomic E-state index is 0.466. The van der Waals surface area contributed by atoms with Crippen LogP contribution in [-0.2, 0) is 4.79 Å². The van der Waals surface area contributed by atoms with Crippen LogP contribution in [0.2, 0.25) is 5.02 Å². The van der Waals surface area contributed by atoms with Crippen LogP contribution in [0.4, 0.5) is 27.6 Å². The van der Waals surface area contributed by atoms with Gasteiger partial charge < -0.3 is 5.32 Å². The van der Waals surface area contributed by atoms with Crippen molar-refractivity contribution >= 4 is 29.3 Å². The van der Waals surface area contributed by atoms with Crippen LogP contribution in [0, 0.1) is 29.1 Å². The van der Waals surface area contributed by atoms with Crippen LogP contribution in [0.3, 0.4) is 0 Å². The zero-order chi connectivity index (χ0) is 17.1. The summed E-state index contributed by atoms with van der Waals surface area (Å²) in [6, 6.07) is 6.21. The quantitative estimate of drug-likeness (QED) is 0.371. The molecule has 0 saturated carbocycles. The molecule has 0 heterocycles. The third kappa shape index (κ3) is 3.68. The summed E-state index contributed by atoms with van der Waals surface area (Å²) >= 11 is 5.67. The fourth-order valence-electron chi connectivity index (χ4n) is 1.63. The van der Waals surface area contributed by atoms with Crippen molar-refractivity contribution in [3.8, 4) is 0 Å². The topological polar surface area (TPSA) is 29.1 Å². The summed E-state index contributed by atoms with van der Waals surface area (Å²) in [5.41, 5.74) is -0.867. The van der Waals surface area contributed by atoms with Crippen molar-refractivity contribution < 1.29 is 26.7 Å². The van der Waals surface area contributed by atoms with E-state index in [9.17, 15) is 26.7 Å². The molecule has 0 radical (unpaired) electrons. The molecule has 2 aromatic carbocycles. The van der Waals surface area contributed by atoms with Crippen LogP contribution in [0.5, 0.6) is 0 Å². The average molecular weight is 348 g/mol. The van der Waals surface area contributed by atoms with Crippen LogP contribution in [0.1, 0.15) is 5.56 Å². The lowest BCUT2D eigenvalue weighted by Crippen LogP contribution is -2.14. The van der Waals surface area contributed by atoms with E-state index in [1.54, 1.807) is 29.6 Å². The minimum atomic E-state index is -2.30. The highest BCUT2D eigenvalue weighted by molar-refractivity contribution is 6.30. The number of carbonyl (C=O) groups is 1. The molecule has 120 valence electrons. The lowest BCUT2D eigenvalue weighted by atomic mass is 10.2. The Kier molecular flexibility index (Phi) is 5.00. The number of hydrogen-bond donors (Lipinski definition) is 1. The Morgan fingerprint density at radius 1 is 0.870 bits per heavy atom. The zero-order valence-electron chi connectivity index (χ0n) is 11.1. The molecule has 0 fully saturated rings. The number of amides is 1. The van der Waals surface area contributed by atoms with Gasteiger partial charge in [-0.3, -0.25) is 4.79 Å². The number of hydrogen-bond acceptors (Lipinski definition) is 1. The minimum Gasteiger partial charge on any atom is -0.317 e. The monoisotopic (exact) mass is 347 g/mol. The molecule has 0 saturated heterocycles. The first-order valence-electron chi connectivity index (χ1n) is 6.07. The Hall–Kier alpha value is -2.41.